The van der Waals surface area contributed by atoms with Gasteiger partial charge >= 0.3 is 0 Å². The van der Waals surface area contributed by atoms with Crippen LogP contribution in [-0.4, -0.2) is 16.1 Å². The predicted molar refractivity (Wildman–Crippen MR) is 71.4 cm³/mol. The van der Waals surface area contributed by atoms with Crippen LogP contribution in [0.3, 0.4) is 0 Å². The normalized spacial score (nSPS) is 10.8. The zero-order valence-electron chi connectivity index (χ0n) is 11.0. The van der Waals surface area contributed by atoms with E-state index in [0.29, 0.717) is 0 Å². The number of amides is 1. The number of nitrogen functional groups attached to an aromatic ring is 1. The van der Waals surface area contributed by atoms with Crippen molar-refractivity contribution < 1.29 is 13.6 Å². The van der Waals surface area contributed by atoms with Crippen molar-refractivity contribution in [2.75, 3.05) is 11.1 Å². The Morgan fingerprint density at radius 2 is 2.10 bits per heavy atom. The smallest absolute Gasteiger partial charge is 0.262 e. The third kappa shape index (κ3) is 2.61. The van der Waals surface area contributed by atoms with Crippen LogP contribution in [0, 0.1) is 11.6 Å². The fourth-order valence-corrected chi connectivity index (χ4v) is 1.65. The van der Waals surface area contributed by atoms with Crippen LogP contribution in [0.15, 0.2) is 18.2 Å². The van der Waals surface area contributed by atoms with Crippen molar-refractivity contribution in [3.05, 3.63) is 41.1 Å². The first-order valence-corrected chi connectivity index (χ1v) is 6.00. The van der Waals surface area contributed by atoms with Crippen molar-refractivity contribution in [2.45, 2.75) is 19.8 Å². The van der Waals surface area contributed by atoms with Crippen molar-refractivity contribution in [1.29, 1.82) is 0 Å². The first kappa shape index (κ1) is 14.0. The zero-order valence-corrected chi connectivity index (χ0v) is 11.0. The lowest BCUT2D eigenvalue weighted by Crippen LogP contribution is -2.17. The lowest BCUT2D eigenvalue weighted by Gasteiger charge is -2.06. The van der Waals surface area contributed by atoms with E-state index in [9.17, 15) is 13.6 Å². The third-order valence-corrected chi connectivity index (χ3v) is 2.81. The Morgan fingerprint density at radius 3 is 2.70 bits per heavy atom. The third-order valence-electron chi connectivity index (χ3n) is 2.81. The van der Waals surface area contributed by atoms with Gasteiger partial charge in [-0.25, -0.2) is 8.78 Å². The minimum Gasteiger partial charge on any atom is -0.396 e. The van der Waals surface area contributed by atoms with Crippen LogP contribution >= 0.6 is 0 Å². The van der Waals surface area contributed by atoms with Gasteiger partial charge in [-0.05, 0) is 18.1 Å². The van der Waals surface area contributed by atoms with Crippen LogP contribution in [0.2, 0.25) is 0 Å². The molecule has 2 rings (SSSR count). The molecule has 0 aliphatic carbocycles. The maximum Gasteiger partial charge on any atom is 0.262 e. The van der Waals surface area contributed by atoms with E-state index in [2.05, 4.69) is 15.5 Å². The van der Waals surface area contributed by atoms with Crippen molar-refractivity contribution in [3.63, 3.8) is 0 Å². The minimum atomic E-state index is -1.08. The molecule has 1 heterocycles. The number of aromatic amines is 1. The Labute approximate surface area is 114 Å². The summed E-state index contributed by atoms with van der Waals surface area (Å²) in [6.45, 7) is 3.88. The maximum atomic E-state index is 13.7. The summed E-state index contributed by atoms with van der Waals surface area (Å²) in [5.41, 5.74) is 5.11. The second-order valence-electron chi connectivity index (χ2n) is 4.64. The van der Waals surface area contributed by atoms with Gasteiger partial charge in [0.05, 0.1) is 5.69 Å². The van der Waals surface area contributed by atoms with Crippen LogP contribution < -0.4 is 11.1 Å². The van der Waals surface area contributed by atoms with Gasteiger partial charge in [0.25, 0.3) is 5.91 Å². The molecule has 5 nitrogen and oxygen atoms in total. The van der Waals surface area contributed by atoms with E-state index >= 15 is 0 Å². The Bertz CT molecular complexity index is 652. The Kier molecular flexibility index (Phi) is 3.69. The van der Waals surface area contributed by atoms with Crippen LogP contribution in [0.5, 0.6) is 0 Å². The monoisotopic (exact) mass is 280 g/mol. The fourth-order valence-electron chi connectivity index (χ4n) is 1.65. The van der Waals surface area contributed by atoms with Crippen LogP contribution in [-0.2, 0) is 0 Å². The number of hydrogen-bond donors (Lipinski definition) is 3. The topological polar surface area (TPSA) is 83.8 Å². The number of nitrogens with zero attached hydrogens (tertiary/aromatic N) is 1. The molecule has 0 bridgehead atoms. The summed E-state index contributed by atoms with van der Waals surface area (Å²) in [6.07, 6.45) is 0. The van der Waals surface area contributed by atoms with Crippen LogP contribution in [0.4, 0.5) is 20.3 Å². The largest absolute Gasteiger partial charge is 0.396 e. The molecule has 4 N–H and O–H groups in total. The number of carbonyl (C=O) groups is 1. The number of benzene rings is 1. The van der Waals surface area contributed by atoms with E-state index in [-0.39, 0.29) is 17.4 Å². The molecule has 1 aromatic heterocycles. The molecule has 0 atom stereocenters. The number of nitrogens with one attached hydrogen (secondary N) is 2. The molecular formula is C13H14F2N4O. The van der Waals surface area contributed by atoms with Gasteiger partial charge in [0, 0.05) is 11.8 Å². The van der Waals surface area contributed by atoms with Gasteiger partial charge < -0.3 is 11.1 Å². The average Bonchev–Trinajstić information content (AvgIpc) is 2.83. The molecule has 0 radical (unpaired) electrons. The molecule has 1 amide bonds. The number of hydrogen-bond acceptors (Lipinski definition) is 3. The second kappa shape index (κ2) is 5.28. The average molecular weight is 280 g/mol. The predicted octanol–water partition coefficient (Wildman–Crippen LogP) is 2.65. The maximum absolute atomic E-state index is 13.7. The second-order valence-corrected chi connectivity index (χ2v) is 4.64. The highest BCUT2D eigenvalue weighted by molar-refractivity contribution is 6.04. The number of rotatable bonds is 3. The van der Waals surface area contributed by atoms with E-state index in [1.807, 2.05) is 13.8 Å². The molecule has 0 unspecified atom stereocenters. The molecule has 7 heteroatoms. The summed E-state index contributed by atoms with van der Waals surface area (Å²) in [7, 11) is 0. The highest BCUT2D eigenvalue weighted by Gasteiger charge is 2.20. The molecule has 20 heavy (non-hydrogen) atoms. The summed E-state index contributed by atoms with van der Waals surface area (Å²) < 4.78 is 27.2. The molecule has 0 spiro atoms. The Morgan fingerprint density at radius 1 is 1.40 bits per heavy atom. The summed E-state index contributed by atoms with van der Waals surface area (Å²) in [6, 6.07) is 3.61. The van der Waals surface area contributed by atoms with E-state index in [0.717, 1.165) is 17.8 Å². The summed E-state index contributed by atoms with van der Waals surface area (Å²) in [4.78, 5) is 11.9. The van der Waals surface area contributed by atoms with Gasteiger partial charge in [-0.2, -0.15) is 5.10 Å². The lowest BCUT2D eigenvalue weighted by molar-refractivity contribution is 0.101. The molecule has 106 valence electrons. The van der Waals surface area contributed by atoms with Crippen LogP contribution in [0.25, 0.3) is 0 Å². The van der Waals surface area contributed by atoms with E-state index in [4.69, 9.17) is 5.73 Å². The Balaban J connectivity index is 2.26. The van der Waals surface area contributed by atoms with Crippen molar-refractivity contribution in [2.24, 2.45) is 0 Å². The highest BCUT2D eigenvalue weighted by Crippen LogP contribution is 2.20. The first-order chi connectivity index (χ1) is 9.40. The summed E-state index contributed by atoms with van der Waals surface area (Å²) in [5.74, 6) is -2.61. The van der Waals surface area contributed by atoms with E-state index in [1.165, 1.54) is 0 Å². The number of aromatic nitrogens is 2. The molecule has 0 fully saturated rings. The molecular weight excluding hydrogens is 266 g/mol. The first-order valence-electron chi connectivity index (χ1n) is 6.00. The fraction of sp³-hybridized carbons (Fsp3) is 0.231. The van der Waals surface area contributed by atoms with E-state index in [1.54, 1.807) is 6.07 Å². The van der Waals surface area contributed by atoms with Crippen molar-refractivity contribution in [1.82, 2.24) is 10.2 Å². The zero-order chi connectivity index (χ0) is 14.9. The van der Waals surface area contributed by atoms with Gasteiger partial charge in [0.15, 0.2) is 11.6 Å². The van der Waals surface area contributed by atoms with Gasteiger partial charge in [-0.1, -0.05) is 13.8 Å². The lowest BCUT2D eigenvalue weighted by atomic mass is 10.1. The van der Waals surface area contributed by atoms with Crippen molar-refractivity contribution in [3.8, 4) is 0 Å². The van der Waals surface area contributed by atoms with Gasteiger partial charge in [-0.3, -0.25) is 9.89 Å². The van der Waals surface area contributed by atoms with Gasteiger partial charge in [0.2, 0.25) is 0 Å². The molecule has 0 saturated carbocycles. The minimum absolute atomic E-state index is 0.189. The summed E-state index contributed by atoms with van der Waals surface area (Å²) >= 11 is 0. The molecule has 2 aromatic rings. The van der Waals surface area contributed by atoms with Gasteiger partial charge in [-0.15, -0.1) is 0 Å². The Hall–Kier alpha value is -2.44. The van der Waals surface area contributed by atoms with Crippen LogP contribution in [0.1, 0.15) is 35.8 Å². The number of halogens is 2. The molecule has 0 aliphatic rings. The summed E-state index contributed by atoms with van der Waals surface area (Å²) in [5, 5.41) is 8.90. The quantitative estimate of drug-likeness (QED) is 0.756. The van der Waals surface area contributed by atoms with E-state index < -0.39 is 23.1 Å². The highest BCUT2D eigenvalue weighted by atomic mass is 19.1. The molecule has 1 aromatic carbocycles. The standard InChI is InChI=1S/C13H14F2N4O/c1-6(2)9-5-10(19-18-9)17-13(20)11-7(14)3-4-8(16)12(11)15/h3-6H,16H2,1-2H3,(H2,17,18,19,20). The number of carbonyl (C=O) groups excluding carboxylic acids is 1. The van der Waals surface area contributed by atoms with Crippen molar-refractivity contribution >= 4 is 17.4 Å². The SMILES string of the molecule is CC(C)c1cc(NC(=O)c2c(F)ccc(N)c2F)n[nH]1. The number of anilines is 2. The molecule has 0 saturated heterocycles. The molecule has 0 aliphatic heterocycles. The number of H-pyrrole nitrogens is 1. The number of nitrogens with two attached hydrogens (primary N) is 1. The van der Waals surface area contributed by atoms with Gasteiger partial charge in [0.1, 0.15) is 11.4 Å².